The fraction of sp³-hybridized carbons (Fsp3) is 0.263. The molecule has 1 heterocycles. The van der Waals surface area contributed by atoms with Gasteiger partial charge in [0.05, 0.1) is 23.8 Å². The van der Waals surface area contributed by atoms with E-state index < -0.39 is 4.92 Å². The molecule has 0 aromatic heterocycles. The van der Waals surface area contributed by atoms with Crippen LogP contribution in [-0.2, 0) is 0 Å². The van der Waals surface area contributed by atoms with E-state index in [4.69, 9.17) is 27.9 Å². The summed E-state index contributed by atoms with van der Waals surface area (Å²) in [5.41, 5.74) is 2.60. The third kappa shape index (κ3) is 2.63. The molecule has 1 aliphatic heterocycles. The van der Waals surface area contributed by atoms with Crippen LogP contribution in [0.2, 0.25) is 10.0 Å². The summed E-state index contributed by atoms with van der Waals surface area (Å²) in [4.78, 5) is 10.8. The van der Waals surface area contributed by atoms with E-state index >= 15 is 0 Å². The van der Waals surface area contributed by atoms with Crippen LogP contribution in [0.15, 0.2) is 42.5 Å². The number of rotatable bonds is 3. The van der Waals surface area contributed by atoms with Crippen molar-refractivity contribution in [1.29, 1.82) is 0 Å². The molecule has 3 atom stereocenters. The number of hydrogen-bond acceptors (Lipinski definition) is 4. The molecule has 1 N–H and O–H groups in total. The predicted molar refractivity (Wildman–Crippen MR) is 102 cm³/mol. The Morgan fingerprint density at radius 3 is 2.73 bits per heavy atom. The van der Waals surface area contributed by atoms with Gasteiger partial charge in [0.15, 0.2) is 0 Å². The third-order valence-corrected chi connectivity index (χ3v) is 5.82. The summed E-state index contributed by atoms with van der Waals surface area (Å²) < 4.78 is 5.51. The molecule has 0 unspecified atom stereocenters. The number of allylic oxidation sites excluding steroid dienone is 2. The number of methoxy groups -OCH3 is 1. The largest absolute Gasteiger partial charge is 0.495 e. The van der Waals surface area contributed by atoms with Crippen LogP contribution in [0.5, 0.6) is 5.75 Å². The molecule has 5 nitrogen and oxygen atoms in total. The molecule has 0 fully saturated rings. The highest BCUT2D eigenvalue weighted by atomic mass is 35.5. The Kier molecular flexibility index (Phi) is 4.29. The average molecular weight is 391 g/mol. The minimum atomic E-state index is -0.454. The van der Waals surface area contributed by atoms with Gasteiger partial charge >= 0.3 is 0 Å². The van der Waals surface area contributed by atoms with E-state index in [1.165, 1.54) is 0 Å². The maximum atomic E-state index is 11.3. The molecular formula is C19H16Cl2N2O3. The molecule has 134 valence electrons. The maximum absolute atomic E-state index is 11.3. The van der Waals surface area contributed by atoms with E-state index in [-0.39, 0.29) is 28.6 Å². The number of hydrogen-bond donors (Lipinski definition) is 1. The van der Waals surface area contributed by atoms with Crippen molar-refractivity contribution in [1.82, 2.24) is 0 Å². The zero-order valence-corrected chi connectivity index (χ0v) is 15.4. The third-order valence-electron chi connectivity index (χ3n) is 5.17. The Balaban J connectivity index is 1.84. The number of nitro benzene ring substituents is 1. The van der Waals surface area contributed by atoms with E-state index in [1.807, 2.05) is 18.2 Å². The van der Waals surface area contributed by atoms with Gasteiger partial charge in [-0.05, 0) is 36.1 Å². The first-order chi connectivity index (χ1) is 12.5. The van der Waals surface area contributed by atoms with Crippen LogP contribution in [0.1, 0.15) is 29.5 Å². The number of ether oxygens (including phenoxy) is 1. The van der Waals surface area contributed by atoms with Crippen molar-refractivity contribution < 1.29 is 9.66 Å². The van der Waals surface area contributed by atoms with Gasteiger partial charge in [0.2, 0.25) is 0 Å². The minimum absolute atomic E-state index is 0.0858. The lowest BCUT2D eigenvalue weighted by molar-refractivity contribution is -0.384. The van der Waals surface area contributed by atoms with Crippen molar-refractivity contribution in [2.24, 2.45) is 5.92 Å². The molecule has 26 heavy (non-hydrogen) atoms. The van der Waals surface area contributed by atoms with Gasteiger partial charge in [-0.15, -0.1) is 0 Å². The van der Waals surface area contributed by atoms with Crippen molar-refractivity contribution in [2.75, 3.05) is 12.4 Å². The second kappa shape index (κ2) is 6.49. The molecule has 2 aliphatic rings. The van der Waals surface area contributed by atoms with Crippen molar-refractivity contribution in [3.05, 3.63) is 73.8 Å². The highest BCUT2D eigenvalue weighted by Gasteiger charge is 2.40. The Labute approximate surface area is 160 Å². The summed E-state index contributed by atoms with van der Waals surface area (Å²) in [7, 11) is 1.61. The van der Waals surface area contributed by atoms with E-state index in [2.05, 4.69) is 17.5 Å². The monoisotopic (exact) mass is 390 g/mol. The second-order valence-corrected chi connectivity index (χ2v) is 7.30. The van der Waals surface area contributed by atoms with Gasteiger partial charge in [-0.1, -0.05) is 41.4 Å². The number of fused-ring (bicyclic) bond motifs is 3. The molecule has 0 amide bonds. The quantitative estimate of drug-likeness (QED) is 0.412. The van der Waals surface area contributed by atoms with Crippen LogP contribution >= 0.6 is 23.2 Å². The van der Waals surface area contributed by atoms with E-state index in [0.717, 1.165) is 23.2 Å². The molecule has 2 aromatic rings. The van der Waals surface area contributed by atoms with Gasteiger partial charge in [0.1, 0.15) is 10.8 Å². The molecule has 0 saturated heterocycles. The number of nitrogens with one attached hydrogen (secondary N) is 1. The van der Waals surface area contributed by atoms with Gasteiger partial charge in [-0.2, -0.15) is 0 Å². The Hall–Kier alpha value is -2.24. The van der Waals surface area contributed by atoms with Gasteiger partial charge in [0.25, 0.3) is 5.69 Å². The first kappa shape index (κ1) is 17.2. The molecule has 0 saturated carbocycles. The first-order valence-corrected chi connectivity index (χ1v) is 9.00. The predicted octanol–water partition coefficient (Wildman–Crippen LogP) is 5.74. The number of halogens is 2. The molecule has 4 rings (SSSR count). The molecule has 0 bridgehead atoms. The van der Waals surface area contributed by atoms with Crippen molar-refractivity contribution in [3.63, 3.8) is 0 Å². The van der Waals surface area contributed by atoms with Gasteiger partial charge < -0.3 is 10.1 Å². The number of nitro groups is 1. The Morgan fingerprint density at radius 1 is 1.23 bits per heavy atom. The van der Waals surface area contributed by atoms with Crippen LogP contribution in [0.4, 0.5) is 11.4 Å². The standard InChI is InChI=1S/C19H16Cl2N2O3/c1-26-16-8-7-14(21)17-11-3-2-4-12(11)18(22-19(16)17)10-5-6-13(20)15(9-10)23(24)25/h2-3,5-9,11-12,18,22H,4H2,1H3/t11-,12-,18-/m1/s1. The summed E-state index contributed by atoms with van der Waals surface area (Å²) in [5, 5.41) is 15.6. The van der Waals surface area contributed by atoms with Gasteiger partial charge in [-0.25, -0.2) is 0 Å². The molecule has 7 heteroatoms. The van der Waals surface area contributed by atoms with Gasteiger partial charge in [0, 0.05) is 22.6 Å². The lowest BCUT2D eigenvalue weighted by Gasteiger charge is -2.38. The van der Waals surface area contributed by atoms with Crippen molar-refractivity contribution >= 4 is 34.6 Å². The normalized spacial score (nSPS) is 23.1. The number of nitrogens with zero attached hydrogens (tertiary/aromatic N) is 1. The first-order valence-electron chi connectivity index (χ1n) is 8.24. The zero-order chi connectivity index (χ0) is 18.4. The van der Waals surface area contributed by atoms with Crippen LogP contribution in [0.3, 0.4) is 0 Å². The van der Waals surface area contributed by atoms with Crippen LogP contribution in [0, 0.1) is 16.0 Å². The number of anilines is 1. The molecule has 1 aliphatic carbocycles. The SMILES string of the molecule is COc1ccc(Cl)c2c1N[C@H](c1ccc(Cl)c([N+](=O)[O-])c1)[C@@H]1CC=C[C@@H]21. The fourth-order valence-electron chi connectivity index (χ4n) is 4.00. The van der Waals surface area contributed by atoms with E-state index in [0.29, 0.717) is 10.8 Å². The summed E-state index contributed by atoms with van der Waals surface area (Å²) >= 11 is 12.5. The lowest BCUT2D eigenvalue weighted by atomic mass is 9.76. The minimum Gasteiger partial charge on any atom is -0.495 e. The molecule has 0 radical (unpaired) electrons. The topological polar surface area (TPSA) is 64.4 Å². The summed E-state index contributed by atoms with van der Waals surface area (Å²) in [6, 6.07) is 8.54. The zero-order valence-electron chi connectivity index (χ0n) is 13.9. The lowest BCUT2D eigenvalue weighted by Crippen LogP contribution is -2.29. The van der Waals surface area contributed by atoms with Crippen LogP contribution in [-0.4, -0.2) is 12.0 Å². The highest BCUT2D eigenvalue weighted by molar-refractivity contribution is 6.32. The molecule has 2 aromatic carbocycles. The maximum Gasteiger partial charge on any atom is 0.288 e. The highest BCUT2D eigenvalue weighted by Crippen LogP contribution is 2.54. The summed E-state index contributed by atoms with van der Waals surface area (Å²) in [6.07, 6.45) is 5.16. The van der Waals surface area contributed by atoms with Crippen LogP contribution < -0.4 is 10.1 Å². The smallest absolute Gasteiger partial charge is 0.288 e. The molecule has 0 spiro atoms. The van der Waals surface area contributed by atoms with E-state index in [9.17, 15) is 10.1 Å². The van der Waals surface area contributed by atoms with E-state index in [1.54, 1.807) is 19.2 Å². The second-order valence-electron chi connectivity index (χ2n) is 6.48. The van der Waals surface area contributed by atoms with Gasteiger partial charge in [-0.3, -0.25) is 10.1 Å². The number of benzene rings is 2. The summed E-state index contributed by atoms with van der Waals surface area (Å²) in [6.45, 7) is 0. The van der Waals surface area contributed by atoms with Crippen molar-refractivity contribution in [2.45, 2.75) is 18.4 Å². The fourth-order valence-corrected chi connectivity index (χ4v) is 4.47. The van der Waals surface area contributed by atoms with Crippen molar-refractivity contribution in [3.8, 4) is 5.75 Å². The average Bonchev–Trinajstić information content (AvgIpc) is 3.11. The Morgan fingerprint density at radius 2 is 2.00 bits per heavy atom. The van der Waals surface area contributed by atoms with Crippen LogP contribution in [0.25, 0.3) is 0 Å². The molecular weight excluding hydrogens is 375 g/mol. The summed E-state index contributed by atoms with van der Waals surface area (Å²) in [5.74, 6) is 1.05. The Bertz CT molecular complexity index is 929.